The van der Waals surface area contributed by atoms with E-state index >= 15 is 0 Å². The molecule has 1 unspecified atom stereocenters. The summed E-state index contributed by atoms with van der Waals surface area (Å²) in [6, 6.07) is 10.9. The lowest BCUT2D eigenvalue weighted by Gasteiger charge is -2.25. The summed E-state index contributed by atoms with van der Waals surface area (Å²) in [5.74, 6) is 0.248. The third kappa shape index (κ3) is 4.64. The van der Waals surface area contributed by atoms with Crippen molar-refractivity contribution in [2.24, 2.45) is 5.92 Å². The molecule has 0 bridgehead atoms. The van der Waals surface area contributed by atoms with E-state index < -0.39 is 0 Å². The third-order valence-electron chi connectivity index (χ3n) is 3.88. The average Bonchev–Trinajstić information content (AvgIpc) is 2.65. The predicted octanol–water partition coefficient (Wildman–Crippen LogP) is 2.81. The molecule has 20 heavy (non-hydrogen) atoms. The zero-order valence-corrected chi connectivity index (χ0v) is 12.6. The Morgan fingerprint density at radius 3 is 2.75 bits per heavy atom. The van der Waals surface area contributed by atoms with Crippen LogP contribution in [0, 0.1) is 5.92 Å². The van der Waals surface area contributed by atoms with E-state index in [2.05, 4.69) is 40.5 Å². The molecule has 2 rings (SSSR count). The Kier molecular flexibility index (Phi) is 5.60. The smallest absolute Gasteiger partial charge is 0.222 e. The number of rotatable bonds is 4. The Morgan fingerprint density at radius 1 is 1.30 bits per heavy atom. The van der Waals surface area contributed by atoms with Gasteiger partial charge >= 0.3 is 0 Å². The minimum Gasteiger partial charge on any atom is -0.352 e. The standard InChI is InChI=1S/C17H26N2O/c1-14(2)17(20)18-16-10-6-7-11-19(13-16)12-15-8-4-3-5-9-15/h3-5,8-9,14,16H,6-7,10-13H2,1-2H3,(H,18,20). The van der Waals surface area contributed by atoms with Gasteiger partial charge in [0.25, 0.3) is 0 Å². The SMILES string of the molecule is CC(C)C(=O)NC1CCCCN(Cc2ccccc2)C1. The van der Waals surface area contributed by atoms with Crippen LogP contribution in [0.5, 0.6) is 0 Å². The van der Waals surface area contributed by atoms with Crippen molar-refractivity contribution in [1.82, 2.24) is 10.2 Å². The van der Waals surface area contributed by atoms with Gasteiger partial charge in [0.2, 0.25) is 5.91 Å². The maximum absolute atomic E-state index is 11.9. The molecule has 3 heteroatoms. The van der Waals surface area contributed by atoms with E-state index in [0.29, 0.717) is 6.04 Å². The molecule has 3 nitrogen and oxygen atoms in total. The molecule has 1 heterocycles. The molecule has 1 aromatic rings. The van der Waals surface area contributed by atoms with Crippen LogP contribution in [-0.2, 0) is 11.3 Å². The third-order valence-corrected chi connectivity index (χ3v) is 3.88. The number of likely N-dealkylation sites (tertiary alicyclic amines) is 1. The van der Waals surface area contributed by atoms with Crippen LogP contribution in [0.3, 0.4) is 0 Å². The van der Waals surface area contributed by atoms with Crippen molar-refractivity contribution in [3.63, 3.8) is 0 Å². The van der Waals surface area contributed by atoms with E-state index in [9.17, 15) is 4.79 Å². The van der Waals surface area contributed by atoms with Gasteiger partial charge in [-0.15, -0.1) is 0 Å². The highest BCUT2D eigenvalue weighted by Gasteiger charge is 2.20. The summed E-state index contributed by atoms with van der Waals surface area (Å²) in [4.78, 5) is 14.3. The monoisotopic (exact) mass is 274 g/mol. The molecule has 1 fully saturated rings. The lowest BCUT2D eigenvalue weighted by Crippen LogP contribution is -2.43. The molecule has 0 spiro atoms. The van der Waals surface area contributed by atoms with Crippen LogP contribution in [0.1, 0.15) is 38.7 Å². The summed E-state index contributed by atoms with van der Waals surface area (Å²) in [6.07, 6.45) is 3.53. The Morgan fingerprint density at radius 2 is 2.05 bits per heavy atom. The lowest BCUT2D eigenvalue weighted by molar-refractivity contribution is -0.124. The average molecular weight is 274 g/mol. The highest BCUT2D eigenvalue weighted by molar-refractivity contribution is 5.78. The fraction of sp³-hybridized carbons (Fsp3) is 0.588. The Labute approximate surface area is 122 Å². The van der Waals surface area contributed by atoms with E-state index in [1.54, 1.807) is 0 Å². The van der Waals surface area contributed by atoms with E-state index in [1.165, 1.54) is 18.4 Å². The molecule has 110 valence electrons. The zero-order valence-electron chi connectivity index (χ0n) is 12.6. The Bertz CT molecular complexity index is 416. The van der Waals surface area contributed by atoms with Crippen molar-refractivity contribution in [1.29, 1.82) is 0 Å². The molecule has 1 atom stereocenters. The molecule has 0 aliphatic carbocycles. The second kappa shape index (κ2) is 7.44. The normalized spacial score (nSPS) is 20.6. The fourth-order valence-electron chi connectivity index (χ4n) is 2.69. The van der Waals surface area contributed by atoms with Gasteiger partial charge in [0.15, 0.2) is 0 Å². The van der Waals surface area contributed by atoms with E-state index in [4.69, 9.17) is 0 Å². The van der Waals surface area contributed by atoms with Gasteiger partial charge in [-0.3, -0.25) is 9.69 Å². The van der Waals surface area contributed by atoms with Crippen molar-refractivity contribution in [2.75, 3.05) is 13.1 Å². The van der Waals surface area contributed by atoms with Crippen LogP contribution in [0.4, 0.5) is 0 Å². The first-order valence-electron chi connectivity index (χ1n) is 7.72. The second-order valence-electron chi connectivity index (χ2n) is 6.08. The van der Waals surface area contributed by atoms with E-state index in [-0.39, 0.29) is 11.8 Å². The van der Waals surface area contributed by atoms with Gasteiger partial charge in [0.05, 0.1) is 0 Å². The van der Waals surface area contributed by atoms with Crippen molar-refractivity contribution in [3.8, 4) is 0 Å². The highest BCUT2D eigenvalue weighted by atomic mass is 16.1. The lowest BCUT2D eigenvalue weighted by atomic mass is 10.1. The Balaban J connectivity index is 1.91. The van der Waals surface area contributed by atoms with Crippen LogP contribution in [0.2, 0.25) is 0 Å². The summed E-state index contributed by atoms with van der Waals surface area (Å²) in [5.41, 5.74) is 1.35. The summed E-state index contributed by atoms with van der Waals surface area (Å²) in [7, 11) is 0. The highest BCUT2D eigenvalue weighted by Crippen LogP contribution is 2.14. The molecule has 0 aromatic heterocycles. The molecular weight excluding hydrogens is 248 g/mol. The van der Waals surface area contributed by atoms with Gasteiger partial charge in [0, 0.05) is 25.0 Å². The number of hydrogen-bond donors (Lipinski definition) is 1. The number of amides is 1. The van der Waals surface area contributed by atoms with Crippen LogP contribution in [-0.4, -0.2) is 29.9 Å². The number of hydrogen-bond acceptors (Lipinski definition) is 2. The molecule has 1 N–H and O–H groups in total. The molecule has 1 aliphatic heterocycles. The van der Waals surface area contributed by atoms with Crippen LogP contribution in [0.25, 0.3) is 0 Å². The van der Waals surface area contributed by atoms with Gasteiger partial charge in [-0.25, -0.2) is 0 Å². The molecular formula is C17H26N2O. The van der Waals surface area contributed by atoms with Crippen LogP contribution >= 0.6 is 0 Å². The quantitative estimate of drug-likeness (QED) is 0.915. The van der Waals surface area contributed by atoms with E-state index in [1.807, 2.05) is 13.8 Å². The minimum atomic E-state index is 0.0702. The topological polar surface area (TPSA) is 32.3 Å². The maximum Gasteiger partial charge on any atom is 0.222 e. The van der Waals surface area contributed by atoms with Gasteiger partial charge in [-0.05, 0) is 24.9 Å². The molecule has 0 radical (unpaired) electrons. The number of nitrogens with one attached hydrogen (secondary N) is 1. The summed E-state index contributed by atoms with van der Waals surface area (Å²) < 4.78 is 0. The van der Waals surface area contributed by atoms with Gasteiger partial charge in [0.1, 0.15) is 0 Å². The molecule has 1 saturated heterocycles. The Hall–Kier alpha value is -1.35. The van der Waals surface area contributed by atoms with E-state index in [0.717, 1.165) is 26.1 Å². The minimum absolute atomic E-state index is 0.0702. The van der Waals surface area contributed by atoms with Crippen molar-refractivity contribution in [3.05, 3.63) is 35.9 Å². The summed E-state index contributed by atoms with van der Waals surface area (Å²) in [6.45, 7) is 6.98. The number of benzene rings is 1. The van der Waals surface area contributed by atoms with Gasteiger partial charge in [-0.2, -0.15) is 0 Å². The van der Waals surface area contributed by atoms with Crippen LogP contribution < -0.4 is 5.32 Å². The number of carbonyl (C=O) groups is 1. The van der Waals surface area contributed by atoms with Crippen molar-refractivity contribution in [2.45, 2.75) is 45.7 Å². The zero-order chi connectivity index (χ0) is 14.4. The summed E-state index contributed by atoms with van der Waals surface area (Å²) in [5, 5.41) is 3.19. The summed E-state index contributed by atoms with van der Waals surface area (Å²) >= 11 is 0. The number of nitrogens with zero attached hydrogens (tertiary/aromatic N) is 1. The first-order chi connectivity index (χ1) is 9.65. The first kappa shape index (κ1) is 15.0. The number of carbonyl (C=O) groups excluding carboxylic acids is 1. The molecule has 1 aromatic carbocycles. The van der Waals surface area contributed by atoms with Gasteiger partial charge in [-0.1, -0.05) is 50.6 Å². The van der Waals surface area contributed by atoms with Gasteiger partial charge < -0.3 is 5.32 Å². The molecule has 0 saturated carbocycles. The predicted molar refractivity (Wildman–Crippen MR) is 82.3 cm³/mol. The largest absolute Gasteiger partial charge is 0.352 e. The first-order valence-corrected chi connectivity index (χ1v) is 7.72. The fourth-order valence-corrected chi connectivity index (χ4v) is 2.69. The van der Waals surface area contributed by atoms with Crippen molar-refractivity contribution >= 4 is 5.91 Å². The molecule has 1 aliphatic rings. The van der Waals surface area contributed by atoms with Crippen molar-refractivity contribution < 1.29 is 4.79 Å². The second-order valence-corrected chi connectivity index (χ2v) is 6.08. The maximum atomic E-state index is 11.9. The molecule has 1 amide bonds. The van der Waals surface area contributed by atoms with Crippen LogP contribution in [0.15, 0.2) is 30.3 Å².